The van der Waals surface area contributed by atoms with Gasteiger partial charge < -0.3 is 10.2 Å². The van der Waals surface area contributed by atoms with Crippen molar-refractivity contribution in [2.24, 2.45) is 5.92 Å². The summed E-state index contributed by atoms with van der Waals surface area (Å²) in [6.45, 7) is 2.30. The SMILES string of the molecule is Cc1ccc(NC(=O)[C@@H]2CC(=O)N(c3ccccc3)C2)cc1Cl. The Morgan fingerprint density at radius 3 is 2.65 bits per heavy atom. The number of nitrogens with zero attached hydrogens (tertiary/aromatic N) is 1. The number of rotatable bonds is 3. The van der Waals surface area contributed by atoms with Crippen LogP contribution in [0.2, 0.25) is 5.02 Å². The first kappa shape index (κ1) is 15.6. The molecule has 1 aliphatic heterocycles. The maximum Gasteiger partial charge on any atom is 0.229 e. The predicted octanol–water partition coefficient (Wildman–Crippen LogP) is 3.64. The molecule has 0 saturated carbocycles. The summed E-state index contributed by atoms with van der Waals surface area (Å²) in [5.74, 6) is -0.544. The van der Waals surface area contributed by atoms with Gasteiger partial charge in [0.15, 0.2) is 0 Å². The average Bonchev–Trinajstić information content (AvgIpc) is 2.94. The van der Waals surface area contributed by atoms with Gasteiger partial charge in [0, 0.05) is 29.4 Å². The molecule has 1 heterocycles. The van der Waals surface area contributed by atoms with Crippen molar-refractivity contribution in [1.29, 1.82) is 0 Å². The number of amides is 2. The summed E-state index contributed by atoms with van der Waals surface area (Å²) in [5, 5.41) is 3.45. The van der Waals surface area contributed by atoms with Crippen molar-refractivity contribution in [3.63, 3.8) is 0 Å². The smallest absolute Gasteiger partial charge is 0.229 e. The fourth-order valence-corrected chi connectivity index (χ4v) is 2.84. The third kappa shape index (κ3) is 3.37. The number of aryl methyl sites for hydroxylation is 1. The molecule has 118 valence electrons. The number of benzene rings is 2. The summed E-state index contributed by atoms with van der Waals surface area (Å²) >= 11 is 6.07. The maximum absolute atomic E-state index is 12.4. The van der Waals surface area contributed by atoms with Gasteiger partial charge in [-0.3, -0.25) is 9.59 Å². The van der Waals surface area contributed by atoms with E-state index in [2.05, 4.69) is 5.32 Å². The van der Waals surface area contributed by atoms with Gasteiger partial charge >= 0.3 is 0 Å². The Hall–Kier alpha value is -2.33. The monoisotopic (exact) mass is 328 g/mol. The number of anilines is 2. The van der Waals surface area contributed by atoms with Crippen molar-refractivity contribution in [3.8, 4) is 0 Å². The summed E-state index contributed by atoms with van der Waals surface area (Å²) < 4.78 is 0. The second kappa shape index (κ2) is 6.42. The molecular weight excluding hydrogens is 312 g/mol. The van der Waals surface area contributed by atoms with Crippen molar-refractivity contribution in [1.82, 2.24) is 0 Å². The second-order valence-corrected chi connectivity index (χ2v) is 6.10. The molecular formula is C18H17ClN2O2. The van der Waals surface area contributed by atoms with E-state index < -0.39 is 0 Å². The van der Waals surface area contributed by atoms with Crippen LogP contribution in [0.5, 0.6) is 0 Å². The van der Waals surface area contributed by atoms with Crippen LogP contribution in [0.25, 0.3) is 0 Å². The van der Waals surface area contributed by atoms with Crippen LogP contribution in [-0.4, -0.2) is 18.4 Å². The fraction of sp³-hybridized carbons (Fsp3) is 0.222. The molecule has 2 aromatic carbocycles. The first-order valence-corrected chi connectivity index (χ1v) is 7.85. The summed E-state index contributed by atoms with van der Waals surface area (Å²) in [6.07, 6.45) is 0.223. The zero-order valence-electron chi connectivity index (χ0n) is 12.8. The van der Waals surface area contributed by atoms with Gasteiger partial charge in [-0.25, -0.2) is 0 Å². The predicted molar refractivity (Wildman–Crippen MR) is 91.7 cm³/mol. The van der Waals surface area contributed by atoms with Gasteiger partial charge in [0.1, 0.15) is 0 Å². The number of nitrogens with one attached hydrogen (secondary N) is 1. The van der Waals surface area contributed by atoms with E-state index in [4.69, 9.17) is 11.6 Å². The number of hydrogen-bond donors (Lipinski definition) is 1. The Morgan fingerprint density at radius 1 is 1.22 bits per heavy atom. The quantitative estimate of drug-likeness (QED) is 0.935. The number of carbonyl (C=O) groups is 2. The normalized spacial score (nSPS) is 17.4. The molecule has 1 N–H and O–H groups in total. The maximum atomic E-state index is 12.4. The van der Waals surface area contributed by atoms with Crippen LogP contribution >= 0.6 is 11.6 Å². The summed E-state index contributed by atoms with van der Waals surface area (Å²) in [5.41, 5.74) is 2.43. The molecule has 1 fully saturated rings. The van der Waals surface area contributed by atoms with E-state index in [1.165, 1.54) is 0 Å². The van der Waals surface area contributed by atoms with Crippen LogP contribution in [0.15, 0.2) is 48.5 Å². The van der Waals surface area contributed by atoms with Gasteiger partial charge in [-0.1, -0.05) is 35.9 Å². The van der Waals surface area contributed by atoms with Crippen LogP contribution in [-0.2, 0) is 9.59 Å². The molecule has 0 radical (unpaired) electrons. The Labute approximate surface area is 140 Å². The van der Waals surface area contributed by atoms with Crippen LogP contribution in [0.4, 0.5) is 11.4 Å². The highest BCUT2D eigenvalue weighted by Crippen LogP contribution is 2.26. The summed E-state index contributed by atoms with van der Waals surface area (Å²) in [6, 6.07) is 14.8. The van der Waals surface area contributed by atoms with Gasteiger partial charge in [-0.2, -0.15) is 0 Å². The molecule has 0 aliphatic carbocycles. The number of para-hydroxylation sites is 1. The highest BCUT2D eigenvalue weighted by Gasteiger charge is 2.35. The first-order valence-electron chi connectivity index (χ1n) is 7.47. The van der Waals surface area contributed by atoms with Crippen LogP contribution < -0.4 is 10.2 Å². The van der Waals surface area contributed by atoms with Gasteiger partial charge in [0.2, 0.25) is 11.8 Å². The molecule has 1 atom stereocenters. The van der Waals surface area contributed by atoms with Crippen molar-refractivity contribution in [2.75, 3.05) is 16.8 Å². The minimum atomic E-state index is -0.359. The van der Waals surface area contributed by atoms with Crippen molar-refractivity contribution in [3.05, 3.63) is 59.1 Å². The molecule has 2 aromatic rings. The number of carbonyl (C=O) groups excluding carboxylic acids is 2. The van der Waals surface area contributed by atoms with Gasteiger partial charge in [-0.15, -0.1) is 0 Å². The molecule has 0 unspecified atom stereocenters. The molecule has 0 aromatic heterocycles. The van der Waals surface area contributed by atoms with E-state index in [1.807, 2.05) is 49.4 Å². The Morgan fingerprint density at radius 2 is 1.96 bits per heavy atom. The molecule has 2 amide bonds. The number of hydrogen-bond acceptors (Lipinski definition) is 2. The van der Waals surface area contributed by atoms with Crippen LogP contribution in [0.1, 0.15) is 12.0 Å². The van der Waals surface area contributed by atoms with Crippen molar-refractivity contribution >= 4 is 34.8 Å². The third-order valence-electron chi connectivity index (χ3n) is 4.00. The Kier molecular flexibility index (Phi) is 4.35. The van der Waals surface area contributed by atoms with E-state index in [0.29, 0.717) is 17.3 Å². The molecule has 3 rings (SSSR count). The summed E-state index contributed by atoms with van der Waals surface area (Å²) in [7, 11) is 0. The highest BCUT2D eigenvalue weighted by atomic mass is 35.5. The first-order chi connectivity index (χ1) is 11.0. The van der Waals surface area contributed by atoms with Gasteiger partial charge in [0.05, 0.1) is 5.92 Å². The third-order valence-corrected chi connectivity index (χ3v) is 4.41. The summed E-state index contributed by atoms with van der Waals surface area (Å²) in [4.78, 5) is 26.2. The Balaban J connectivity index is 1.69. The lowest BCUT2D eigenvalue weighted by Gasteiger charge is -2.16. The Bertz CT molecular complexity index is 746. The van der Waals surface area contributed by atoms with E-state index in [9.17, 15) is 9.59 Å². The lowest BCUT2D eigenvalue weighted by atomic mass is 10.1. The lowest BCUT2D eigenvalue weighted by Crippen LogP contribution is -2.28. The van der Waals surface area contributed by atoms with E-state index in [1.54, 1.807) is 11.0 Å². The minimum Gasteiger partial charge on any atom is -0.326 e. The zero-order valence-corrected chi connectivity index (χ0v) is 13.5. The topological polar surface area (TPSA) is 49.4 Å². The highest BCUT2D eigenvalue weighted by molar-refractivity contribution is 6.31. The molecule has 23 heavy (non-hydrogen) atoms. The van der Waals surface area contributed by atoms with Crippen LogP contribution in [0.3, 0.4) is 0 Å². The lowest BCUT2D eigenvalue weighted by molar-refractivity contribution is -0.122. The second-order valence-electron chi connectivity index (χ2n) is 5.69. The van der Waals surface area contributed by atoms with Gasteiger partial charge in [-0.05, 0) is 36.8 Å². The molecule has 1 aliphatic rings. The van der Waals surface area contributed by atoms with E-state index >= 15 is 0 Å². The van der Waals surface area contributed by atoms with E-state index in [0.717, 1.165) is 11.3 Å². The standard InChI is InChI=1S/C18H17ClN2O2/c1-12-7-8-14(10-16(12)19)20-18(23)13-9-17(22)21(11-13)15-5-3-2-4-6-15/h2-8,10,13H,9,11H2,1H3,(H,20,23)/t13-/m1/s1. The molecule has 0 spiro atoms. The molecule has 0 bridgehead atoms. The fourth-order valence-electron chi connectivity index (χ4n) is 2.66. The van der Waals surface area contributed by atoms with Crippen molar-refractivity contribution < 1.29 is 9.59 Å². The minimum absolute atomic E-state index is 0.0294. The van der Waals surface area contributed by atoms with Crippen LogP contribution in [0, 0.1) is 12.8 Å². The van der Waals surface area contributed by atoms with Crippen molar-refractivity contribution in [2.45, 2.75) is 13.3 Å². The van der Waals surface area contributed by atoms with E-state index in [-0.39, 0.29) is 24.2 Å². The van der Waals surface area contributed by atoms with Gasteiger partial charge in [0.25, 0.3) is 0 Å². The molecule has 1 saturated heterocycles. The average molecular weight is 329 g/mol. The zero-order chi connectivity index (χ0) is 16.4. The molecule has 5 heteroatoms. The molecule has 4 nitrogen and oxygen atoms in total. The largest absolute Gasteiger partial charge is 0.326 e. The number of halogens is 1.